The van der Waals surface area contributed by atoms with Gasteiger partial charge in [-0.1, -0.05) is 5.16 Å². The molecule has 8 nitrogen and oxygen atoms in total. The lowest BCUT2D eigenvalue weighted by atomic mass is 9.97. The number of aryl methyl sites for hydroxylation is 1. The maximum Gasteiger partial charge on any atom is 0.243 e. The average molecular weight is 379 g/mol. The highest BCUT2D eigenvalue weighted by Gasteiger charge is 2.32. The lowest BCUT2D eigenvalue weighted by Crippen LogP contribution is -2.41. The Bertz CT molecular complexity index is 868. The van der Waals surface area contributed by atoms with Crippen molar-refractivity contribution < 1.29 is 22.5 Å². The number of anilines is 1. The van der Waals surface area contributed by atoms with Crippen molar-refractivity contribution >= 4 is 21.7 Å². The molecule has 0 atom stereocenters. The van der Waals surface area contributed by atoms with Crippen LogP contribution in [0.4, 0.5) is 5.82 Å². The third-order valence-corrected chi connectivity index (χ3v) is 6.31. The van der Waals surface area contributed by atoms with Gasteiger partial charge in [-0.3, -0.25) is 4.79 Å². The van der Waals surface area contributed by atoms with E-state index in [4.69, 9.17) is 9.26 Å². The van der Waals surface area contributed by atoms with Gasteiger partial charge >= 0.3 is 0 Å². The van der Waals surface area contributed by atoms with Crippen LogP contribution >= 0.6 is 0 Å². The van der Waals surface area contributed by atoms with E-state index < -0.39 is 10.0 Å². The summed E-state index contributed by atoms with van der Waals surface area (Å²) in [5, 5.41) is 6.44. The molecule has 1 aliphatic rings. The third kappa shape index (κ3) is 3.88. The number of benzene rings is 1. The topological polar surface area (TPSA) is 102 Å². The minimum absolute atomic E-state index is 0.167. The van der Waals surface area contributed by atoms with Gasteiger partial charge in [0.1, 0.15) is 11.5 Å². The van der Waals surface area contributed by atoms with Gasteiger partial charge in [0.05, 0.1) is 12.0 Å². The first-order valence-electron chi connectivity index (χ1n) is 8.28. The summed E-state index contributed by atoms with van der Waals surface area (Å²) in [5.41, 5.74) is 0. The summed E-state index contributed by atoms with van der Waals surface area (Å²) in [4.78, 5) is 12.5. The molecule has 1 amide bonds. The molecule has 1 N–H and O–H groups in total. The quantitative estimate of drug-likeness (QED) is 0.853. The van der Waals surface area contributed by atoms with Crippen LogP contribution in [0, 0.1) is 12.8 Å². The number of ether oxygens (including phenoxy) is 1. The van der Waals surface area contributed by atoms with E-state index in [1.807, 2.05) is 0 Å². The summed E-state index contributed by atoms with van der Waals surface area (Å²) in [7, 11) is -2.05. The molecule has 140 valence electrons. The molecule has 1 aromatic heterocycles. The highest BCUT2D eigenvalue weighted by molar-refractivity contribution is 7.89. The molecule has 0 unspecified atom stereocenters. The molecule has 1 fully saturated rings. The van der Waals surface area contributed by atoms with Gasteiger partial charge in [-0.25, -0.2) is 8.42 Å². The number of carbonyl (C=O) groups is 1. The number of rotatable bonds is 5. The Hall–Kier alpha value is -2.39. The zero-order valence-electron chi connectivity index (χ0n) is 14.6. The monoisotopic (exact) mass is 379 g/mol. The van der Waals surface area contributed by atoms with Crippen molar-refractivity contribution in [3.05, 3.63) is 36.1 Å². The number of sulfonamides is 1. The van der Waals surface area contributed by atoms with Crippen molar-refractivity contribution in [3.8, 4) is 5.75 Å². The molecule has 1 aliphatic heterocycles. The van der Waals surface area contributed by atoms with Crippen molar-refractivity contribution in [1.29, 1.82) is 0 Å². The van der Waals surface area contributed by atoms with Gasteiger partial charge in [-0.05, 0) is 44.0 Å². The fourth-order valence-electron chi connectivity index (χ4n) is 2.91. The molecule has 3 rings (SSSR count). The second-order valence-corrected chi connectivity index (χ2v) is 8.10. The van der Waals surface area contributed by atoms with Crippen LogP contribution in [0.2, 0.25) is 0 Å². The highest BCUT2D eigenvalue weighted by Crippen LogP contribution is 2.26. The van der Waals surface area contributed by atoms with E-state index in [0.29, 0.717) is 43.3 Å². The van der Waals surface area contributed by atoms with Crippen LogP contribution in [0.5, 0.6) is 5.75 Å². The molecule has 1 saturated heterocycles. The number of nitrogens with one attached hydrogen (secondary N) is 1. The van der Waals surface area contributed by atoms with Gasteiger partial charge in [-0.15, -0.1) is 0 Å². The second kappa shape index (κ2) is 7.46. The summed E-state index contributed by atoms with van der Waals surface area (Å²) in [5.74, 6) is 1.16. The van der Waals surface area contributed by atoms with Gasteiger partial charge in [0.15, 0.2) is 5.82 Å². The third-order valence-electron chi connectivity index (χ3n) is 4.40. The van der Waals surface area contributed by atoms with Gasteiger partial charge in [0.25, 0.3) is 0 Å². The number of piperidine rings is 1. The minimum atomic E-state index is -3.57. The van der Waals surface area contributed by atoms with Crippen LogP contribution in [0.15, 0.2) is 39.8 Å². The Kier molecular flexibility index (Phi) is 5.28. The highest BCUT2D eigenvalue weighted by atomic mass is 32.2. The Morgan fingerprint density at radius 3 is 2.46 bits per heavy atom. The first-order chi connectivity index (χ1) is 12.4. The minimum Gasteiger partial charge on any atom is -0.497 e. The predicted octanol–water partition coefficient (Wildman–Crippen LogP) is 2.03. The molecule has 26 heavy (non-hydrogen) atoms. The van der Waals surface area contributed by atoms with Crippen LogP contribution in [0.25, 0.3) is 0 Å². The van der Waals surface area contributed by atoms with E-state index in [1.165, 1.54) is 23.5 Å². The largest absolute Gasteiger partial charge is 0.497 e. The number of carbonyl (C=O) groups excluding carboxylic acids is 1. The van der Waals surface area contributed by atoms with E-state index in [2.05, 4.69) is 10.5 Å². The molecule has 2 aromatic rings. The van der Waals surface area contributed by atoms with Gasteiger partial charge < -0.3 is 14.6 Å². The lowest BCUT2D eigenvalue weighted by Gasteiger charge is -2.30. The second-order valence-electron chi connectivity index (χ2n) is 6.17. The van der Waals surface area contributed by atoms with Crippen LogP contribution < -0.4 is 10.1 Å². The summed E-state index contributed by atoms with van der Waals surface area (Å²) in [6, 6.07) is 7.93. The number of hydrogen-bond acceptors (Lipinski definition) is 6. The van der Waals surface area contributed by atoms with E-state index in [0.717, 1.165) is 0 Å². The Labute approximate surface area is 152 Å². The van der Waals surface area contributed by atoms with E-state index in [-0.39, 0.29) is 16.7 Å². The molecule has 0 spiro atoms. The van der Waals surface area contributed by atoms with Crippen LogP contribution in [0.3, 0.4) is 0 Å². The van der Waals surface area contributed by atoms with Crippen LogP contribution in [-0.4, -0.2) is 44.0 Å². The molecule has 9 heteroatoms. The van der Waals surface area contributed by atoms with E-state index in [9.17, 15) is 13.2 Å². The van der Waals surface area contributed by atoms with E-state index in [1.54, 1.807) is 25.1 Å². The van der Waals surface area contributed by atoms with Crippen LogP contribution in [-0.2, 0) is 14.8 Å². The zero-order chi connectivity index (χ0) is 18.7. The fraction of sp³-hybridized carbons (Fsp3) is 0.412. The molecule has 2 heterocycles. The first kappa shape index (κ1) is 18.4. The number of amides is 1. The molecule has 0 bridgehead atoms. The standard InChI is InChI=1S/C17H21N3O5S/c1-12-11-16(19-25-12)18-17(21)13-7-9-20(10-8-13)26(22,23)15-5-3-14(24-2)4-6-15/h3-6,11,13H,7-10H2,1-2H3,(H,18,19,21). The van der Waals surface area contributed by atoms with Crippen molar-refractivity contribution in [1.82, 2.24) is 9.46 Å². The van der Waals surface area contributed by atoms with Crippen molar-refractivity contribution in [2.45, 2.75) is 24.7 Å². The summed E-state index contributed by atoms with van der Waals surface area (Å²) in [6.07, 6.45) is 0.913. The molecule has 0 saturated carbocycles. The zero-order valence-corrected chi connectivity index (χ0v) is 15.5. The predicted molar refractivity (Wildman–Crippen MR) is 94.3 cm³/mol. The molecule has 0 radical (unpaired) electrons. The molecule has 1 aromatic carbocycles. The van der Waals surface area contributed by atoms with Crippen molar-refractivity contribution in [2.75, 3.05) is 25.5 Å². The molecular weight excluding hydrogens is 358 g/mol. The van der Waals surface area contributed by atoms with Gasteiger partial charge in [-0.2, -0.15) is 4.31 Å². The van der Waals surface area contributed by atoms with Gasteiger partial charge in [0, 0.05) is 25.1 Å². The summed E-state index contributed by atoms with van der Waals surface area (Å²) >= 11 is 0. The van der Waals surface area contributed by atoms with Gasteiger partial charge in [0.2, 0.25) is 15.9 Å². The van der Waals surface area contributed by atoms with E-state index >= 15 is 0 Å². The first-order valence-corrected chi connectivity index (χ1v) is 9.72. The smallest absolute Gasteiger partial charge is 0.243 e. The Balaban J connectivity index is 1.60. The SMILES string of the molecule is COc1ccc(S(=O)(=O)N2CCC(C(=O)Nc3cc(C)on3)CC2)cc1. The maximum atomic E-state index is 12.7. The normalized spacial score (nSPS) is 16.4. The maximum absolute atomic E-state index is 12.7. The number of hydrogen-bond donors (Lipinski definition) is 1. The summed E-state index contributed by atoms with van der Waals surface area (Å²) < 4.78 is 36.8. The Morgan fingerprint density at radius 2 is 1.92 bits per heavy atom. The van der Waals surface area contributed by atoms with Crippen molar-refractivity contribution in [3.63, 3.8) is 0 Å². The number of methoxy groups -OCH3 is 1. The fourth-order valence-corrected chi connectivity index (χ4v) is 4.38. The van der Waals surface area contributed by atoms with Crippen LogP contribution in [0.1, 0.15) is 18.6 Å². The number of nitrogens with zero attached hydrogens (tertiary/aromatic N) is 2. The number of aromatic nitrogens is 1. The summed E-state index contributed by atoms with van der Waals surface area (Å²) in [6.45, 7) is 2.33. The average Bonchev–Trinajstić information content (AvgIpc) is 3.06. The van der Waals surface area contributed by atoms with Crippen molar-refractivity contribution in [2.24, 2.45) is 5.92 Å². The lowest BCUT2D eigenvalue weighted by molar-refractivity contribution is -0.120. The Morgan fingerprint density at radius 1 is 1.27 bits per heavy atom. The molecular formula is C17H21N3O5S. The molecule has 0 aliphatic carbocycles.